The summed E-state index contributed by atoms with van der Waals surface area (Å²) in [4.78, 5) is 10.8. The monoisotopic (exact) mass is 211 g/mol. The third kappa shape index (κ3) is 1.72. The Bertz CT molecular complexity index is 408. The summed E-state index contributed by atoms with van der Waals surface area (Å²) in [5.74, 6) is -1.28. The highest BCUT2D eigenvalue weighted by Crippen LogP contribution is 2.31. The Hall–Kier alpha value is -1.78. The van der Waals surface area contributed by atoms with Crippen LogP contribution in [0.4, 0.5) is 10.1 Å². The van der Waals surface area contributed by atoms with Crippen LogP contribution in [0.2, 0.25) is 0 Å². The first-order chi connectivity index (χ1) is 7.08. The molecule has 1 aromatic rings. The van der Waals surface area contributed by atoms with Gasteiger partial charge in [-0.05, 0) is 19.1 Å². The highest BCUT2D eigenvalue weighted by molar-refractivity contribution is 5.76. The maximum Gasteiger partial charge on any atom is 0.347 e. The number of halogens is 1. The number of aliphatic carboxylic acids is 1. The van der Waals surface area contributed by atoms with E-state index in [-0.39, 0.29) is 11.8 Å². The molecule has 0 radical (unpaired) electrons. The second-order valence-electron chi connectivity index (χ2n) is 3.45. The Kier molecular flexibility index (Phi) is 2.22. The molecule has 0 amide bonds. The van der Waals surface area contributed by atoms with E-state index in [9.17, 15) is 9.18 Å². The molecule has 15 heavy (non-hydrogen) atoms. The molecule has 0 aromatic heterocycles. The zero-order valence-electron chi connectivity index (χ0n) is 8.03. The van der Waals surface area contributed by atoms with Crippen molar-refractivity contribution in [2.75, 3.05) is 5.32 Å². The second kappa shape index (κ2) is 3.42. The lowest BCUT2D eigenvalue weighted by molar-refractivity contribution is -0.145. The molecule has 1 aliphatic heterocycles. The van der Waals surface area contributed by atoms with Crippen LogP contribution >= 0.6 is 0 Å². The Balaban J connectivity index is 2.34. The van der Waals surface area contributed by atoms with Gasteiger partial charge in [-0.2, -0.15) is 0 Å². The molecule has 0 saturated heterocycles. The number of hydrogen-bond donors (Lipinski definition) is 2. The van der Waals surface area contributed by atoms with Crippen LogP contribution in [0.1, 0.15) is 6.92 Å². The van der Waals surface area contributed by atoms with E-state index < -0.39 is 17.9 Å². The summed E-state index contributed by atoms with van der Waals surface area (Å²) in [5.41, 5.74) is 0.612. The van der Waals surface area contributed by atoms with Crippen molar-refractivity contribution in [3.05, 3.63) is 24.0 Å². The van der Waals surface area contributed by atoms with Crippen LogP contribution in [0.5, 0.6) is 5.75 Å². The van der Waals surface area contributed by atoms with Gasteiger partial charge >= 0.3 is 5.97 Å². The van der Waals surface area contributed by atoms with Gasteiger partial charge in [-0.3, -0.25) is 0 Å². The highest BCUT2D eigenvalue weighted by Gasteiger charge is 2.32. The van der Waals surface area contributed by atoms with Crippen molar-refractivity contribution in [2.45, 2.75) is 19.1 Å². The summed E-state index contributed by atoms with van der Waals surface area (Å²) in [7, 11) is 0. The fraction of sp³-hybridized carbons (Fsp3) is 0.300. The van der Waals surface area contributed by atoms with Crippen LogP contribution in [-0.4, -0.2) is 23.2 Å². The van der Waals surface area contributed by atoms with Crippen molar-refractivity contribution in [1.29, 1.82) is 0 Å². The van der Waals surface area contributed by atoms with E-state index in [1.807, 2.05) is 0 Å². The molecule has 0 spiro atoms. The lowest BCUT2D eigenvalue weighted by Gasteiger charge is -2.30. The zero-order chi connectivity index (χ0) is 11.0. The number of benzene rings is 1. The summed E-state index contributed by atoms with van der Waals surface area (Å²) < 4.78 is 18.0. The van der Waals surface area contributed by atoms with Crippen LogP contribution in [-0.2, 0) is 4.79 Å². The number of rotatable bonds is 1. The molecule has 5 heteroatoms. The maximum absolute atomic E-state index is 12.9. The van der Waals surface area contributed by atoms with Gasteiger partial charge in [0.25, 0.3) is 0 Å². The van der Waals surface area contributed by atoms with Crippen molar-refractivity contribution >= 4 is 11.7 Å². The van der Waals surface area contributed by atoms with Crippen LogP contribution < -0.4 is 10.1 Å². The lowest BCUT2D eigenvalue weighted by Crippen LogP contribution is -2.44. The summed E-state index contributed by atoms with van der Waals surface area (Å²) in [6.45, 7) is 1.70. The average Bonchev–Trinajstić information content (AvgIpc) is 2.17. The normalized spacial score (nSPS) is 23.6. The number of carbonyl (C=O) groups is 1. The molecule has 0 fully saturated rings. The molecule has 2 N–H and O–H groups in total. The molecular weight excluding hydrogens is 201 g/mol. The van der Waals surface area contributed by atoms with E-state index >= 15 is 0 Å². The molecule has 1 aliphatic rings. The van der Waals surface area contributed by atoms with E-state index in [1.54, 1.807) is 6.92 Å². The summed E-state index contributed by atoms with van der Waals surface area (Å²) in [6, 6.07) is 3.65. The zero-order valence-corrected chi connectivity index (χ0v) is 8.03. The minimum atomic E-state index is -1.06. The summed E-state index contributed by atoms with van der Waals surface area (Å²) >= 11 is 0. The van der Waals surface area contributed by atoms with E-state index in [4.69, 9.17) is 9.84 Å². The Morgan fingerprint density at radius 1 is 1.60 bits per heavy atom. The van der Waals surface area contributed by atoms with Crippen LogP contribution in [0.3, 0.4) is 0 Å². The molecule has 0 saturated carbocycles. The smallest absolute Gasteiger partial charge is 0.347 e. The minimum absolute atomic E-state index is 0.237. The molecule has 2 rings (SSSR count). The summed E-state index contributed by atoms with van der Waals surface area (Å²) in [6.07, 6.45) is -0.987. The maximum atomic E-state index is 12.9. The van der Waals surface area contributed by atoms with E-state index in [0.29, 0.717) is 5.69 Å². The molecule has 0 aliphatic carbocycles. The fourth-order valence-electron chi connectivity index (χ4n) is 1.54. The predicted molar refractivity (Wildman–Crippen MR) is 51.5 cm³/mol. The van der Waals surface area contributed by atoms with Crippen molar-refractivity contribution in [3.63, 3.8) is 0 Å². The van der Waals surface area contributed by atoms with Gasteiger partial charge in [0, 0.05) is 6.07 Å². The van der Waals surface area contributed by atoms with Crippen LogP contribution in [0.25, 0.3) is 0 Å². The van der Waals surface area contributed by atoms with Gasteiger partial charge in [0.15, 0.2) is 0 Å². The third-order valence-electron chi connectivity index (χ3n) is 2.28. The SMILES string of the molecule is CC1Nc2ccc(F)cc2OC1C(=O)O. The molecule has 0 bridgehead atoms. The van der Waals surface area contributed by atoms with Crippen molar-refractivity contribution < 1.29 is 19.0 Å². The first kappa shape index (κ1) is 9.76. The lowest BCUT2D eigenvalue weighted by atomic mass is 10.1. The molecule has 2 unspecified atom stereocenters. The number of carboxylic acid groups (broad SMARTS) is 1. The molecule has 1 heterocycles. The standard InChI is InChI=1S/C10H10FNO3/c1-5-9(10(13)14)15-8-4-6(11)2-3-7(8)12-5/h2-5,9,12H,1H3,(H,13,14). The van der Waals surface area contributed by atoms with Gasteiger partial charge in [-0.25, -0.2) is 9.18 Å². The van der Waals surface area contributed by atoms with Gasteiger partial charge in [0.1, 0.15) is 11.6 Å². The first-order valence-corrected chi connectivity index (χ1v) is 4.53. The van der Waals surface area contributed by atoms with Gasteiger partial charge < -0.3 is 15.2 Å². The van der Waals surface area contributed by atoms with Crippen LogP contribution in [0, 0.1) is 5.82 Å². The van der Waals surface area contributed by atoms with Gasteiger partial charge in [0.05, 0.1) is 11.7 Å². The van der Waals surface area contributed by atoms with Crippen molar-refractivity contribution in [3.8, 4) is 5.75 Å². The number of ether oxygens (including phenoxy) is 1. The largest absolute Gasteiger partial charge is 0.478 e. The molecule has 1 aromatic carbocycles. The average molecular weight is 211 g/mol. The number of anilines is 1. The highest BCUT2D eigenvalue weighted by atomic mass is 19.1. The Morgan fingerprint density at radius 2 is 2.33 bits per heavy atom. The van der Waals surface area contributed by atoms with Gasteiger partial charge in [-0.15, -0.1) is 0 Å². The number of carboxylic acids is 1. The second-order valence-corrected chi connectivity index (χ2v) is 3.45. The molecule has 4 nitrogen and oxygen atoms in total. The first-order valence-electron chi connectivity index (χ1n) is 4.53. The van der Waals surface area contributed by atoms with E-state index in [0.717, 1.165) is 0 Å². The number of nitrogens with one attached hydrogen (secondary N) is 1. The molecular formula is C10H10FNO3. The Labute approximate surface area is 85.7 Å². The fourth-order valence-corrected chi connectivity index (χ4v) is 1.54. The van der Waals surface area contributed by atoms with Crippen molar-refractivity contribution in [1.82, 2.24) is 0 Å². The van der Waals surface area contributed by atoms with E-state index in [1.165, 1.54) is 18.2 Å². The predicted octanol–water partition coefficient (Wildman–Crippen LogP) is 1.47. The summed E-state index contributed by atoms with van der Waals surface area (Å²) in [5, 5.41) is 11.8. The molecule has 2 atom stereocenters. The van der Waals surface area contributed by atoms with Gasteiger partial charge in [-0.1, -0.05) is 0 Å². The number of hydrogen-bond acceptors (Lipinski definition) is 3. The topological polar surface area (TPSA) is 58.6 Å². The third-order valence-corrected chi connectivity index (χ3v) is 2.28. The van der Waals surface area contributed by atoms with Crippen LogP contribution in [0.15, 0.2) is 18.2 Å². The van der Waals surface area contributed by atoms with E-state index in [2.05, 4.69) is 5.32 Å². The van der Waals surface area contributed by atoms with Gasteiger partial charge in [0.2, 0.25) is 6.10 Å². The minimum Gasteiger partial charge on any atom is -0.478 e. The number of fused-ring (bicyclic) bond motifs is 1. The molecule has 80 valence electrons. The Morgan fingerprint density at radius 3 is 3.00 bits per heavy atom. The quantitative estimate of drug-likeness (QED) is 0.738. The van der Waals surface area contributed by atoms with Crippen molar-refractivity contribution in [2.24, 2.45) is 0 Å².